The van der Waals surface area contributed by atoms with E-state index in [4.69, 9.17) is 4.74 Å². The van der Waals surface area contributed by atoms with Crippen LogP contribution in [0.4, 0.5) is 11.4 Å². The normalized spacial score (nSPS) is 17.1. The quantitative estimate of drug-likeness (QED) is 0.297. The maximum absolute atomic E-state index is 13.4. The van der Waals surface area contributed by atoms with Crippen LogP contribution in [0.15, 0.2) is 72.3 Å². The first-order valence-corrected chi connectivity index (χ1v) is 11.6. The van der Waals surface area contributed by atoms with E-state index in [2.05, 4.69) is 0 Å². The summed E-state index contributed by atoms with van der Waals surface area (Å²) in [6.07, 6.45) is 0. The summed E-state index contributed by atoms with van der Waals surface area (Å²) in [5.41, 5.74) is 4.64. The van der Waals surface area contributed by atoms with Crippen LogP contribution < -0.4 is 14.5 Å². The van der Waals surface area contributed by atoms with Gasteiger partial charge in [0.05, 0.1) is 18.2 Å². The second-order valence-corrected chi connectivity index (χ2v) is 8.90. The van der Waals surface area contributed by atoms with E-state index < -0.39 is 17.7 Å². The SMILES string of the molecule is CCOc1ccc(C2/C(=C(\O)c3cc(C)ccc3C)C(=O)C(=O)N2c2ccc(N(C)C)cc2)cc1. The van der Waals surface area contributed by atoms with E-state index in [0.717, 1.165) is 16.8 Å². The standard InChI is InChI=1S/C29H30N2O4/c1-6-35-23-15-9-20(10-16-23)26-25(27(32)24-17-18(2)7-8-19(24)3)28(33)29(34)31(26)22-13-11-21(12-14-22)30(4)5/h7-17,26,32H,6H2,1-5H3/b27-25+. The van der Waals surface area contributed by atoms with Crippen molar-refractivity contribution in [2.75, 3.05) is 30.5 Å². The summed E-state index contributed by atoms with van der Waals surface area (Å²) in [6.45, 7) is 6.23. The van der Waals surface area contributed by atoms with Gasteiger partial charge in [-0.05, 0) is 74.4 Å². The first-order valence-electron chi connectivity index (χ1n) is 11.6. The van der Waals surface area contributed by atoms with Gasteiger partial charge in [0.25, 0.3) is 11.7 Å². The molecule has 0 saturated carbocycles. The van der Waals surface area contributed by atoms with Crippen LogP contribution in [-0.2, 0) is 9.59 Å². The molecule has 0 bridgehead atoms. The lowest BCUT2D eigenvalue weighted by molar-refractivity contribution is -0.132. The van der Waals surface area contributed by atoms with Gasteiger partial charge in [-0.1, -0.05) is 29.8 Å². The second kappa shape index (κ2) is 9.66. The van der Waals surface area contributed by atoms with Crippen molar-refractivity contribution in [1.82, 2.24) is 0 Å². The Hall–Kier alpha value is -4.06. The predicted molar refractivity (Wildman–Crippen MR) is 139 cm³/mol. The lowest BCUT2D eigenvalue weighted by atomic mass is 9.93. The Kier molecular flexibility index (Phi) is 6.65. The van der Waals surface area contributed by atoms with Gasteiger partial charge in [0.2, 0.25) is 0 Å². The van der Waals surface area contributed by atoms with Gasteiger partial charge in [0.1, 0.15) is 11.5 Å². The van der Waals surface area contributed by atoms with Gasteiger partial charge < -0.3 is 14.7 Å². The third-order valence-corrected chi connectivity index (χ3v) is 6.24. The van der Waals surface area contributed by atoms with E-state index >= 15 is 0 Å². The van der Waals surface area contributed by atoms with Crippen molar-refractivity contribution in [3.05, 3.63) is 94.6 Å². The Bertz CT molecular complexity index is 1290. The van der Waals surface area contributed by atoms with Gasteiger partial charge >= 0.3 is 0 Å². The molecule has 1 aliphatic rings. The van der Waals surface area contributed by atoms with Crippen LogP contribution in [0.1, 0.15) is 35.2 Å². The maximum atomic E-state index is 13.4. The molecule has 3 aromatic rings. The highest BCUT2D eigenvalue weighted by Crippen LogP contribution is 2.43. The number of carbonyl (C=O) groups is 2. The summed E-state index contributed by atoms with van der Waals surface area (Å²) < 4.78 is 5.57. The summed E-state index contributed by atoms with van der Waals surface area (Å²) >= 11 is 0. The molecule has 0 aromatic heterocycles. The minimum absolute atomic E-state index is 0.0737. The molecule has 6 heteroatoms. The highest BCUT2D eigenvalue weighted by atomic mass is 16.5. The summed E-state index contributed by atoms with van der Waals surface area (Å²) in [4.78, 5) is 30.2. The number of ether oxygens (including phenoxy) is 1. The first kappa shape index (κ1) is 24.1. The molecule has 1 atom stereocenters. The van der Waals surface area contributed by atoms with Crippen molar-refractivity contribution in [3.8, 4) is 5.75 Å². The van der Waals surface area contributed by atoms with Crippen LogP contribution >= 0.6 is 0 Å². The van der Waals surface area contributed by atoms with Gasteiger partial charge in [-0.2, -0.15) is 0 Å². The minimum Gasteiger partial charge on any atom is -0.507 e. The zero-order valence-electron chi connectivity index (χ0n) is 20.7. The third-order valence-electron chi connectivity index (χ3n) is 6.24. The van der Waals surface area contributed by atoms with Gasteiger partial charge in [-0.25, -0.2) is 0 Å². The van der Waals surface area contributed by atoms with Crippen molar-refractivity contribution in [2.45, 2.75) is 26.8 Å². The van der Waals surface area contributed by atoms with E-state index in [0.29, 0.717) is 29.2 Å². The largest absolute Gasteiger partial charge is 0.507 e. The number of aryl methyl sites for hydroxylation is 2. The maximum Gasteiger partial charge on any atom is 0.300 e. The molecule has 1 N–H and O–H groups in total. The second-order valence-electron chi connectivity index (χ2n) is 8.90. The molecule has 1 fully saturated rings. The number of nitrogens with zero attached hydrogens (tertiary/aromatic N) is 2. The van der Waals surface area contributed by atoms with Crippen molar-refractivity contribution in [1.29, 1.82) is 0 Å². The Balaban J connectivity index is 1.91. The fourth-order valence-corrected chi connectivity index (χ4v) is 4.37. The molecule has 6 nitrogen and oxygen atoms in total. The molecule has 0 aliphatic carbocycles. The van der Waals surface area contributed by atoms with Crippen LogP contribution in [-0.4, -0.2) is 37.5 Å². The lowest BCUT2D eigenvalue weighted by Crippen LogP contribution is -2.29. The average Bonchev–Trinajstić information content (AvgIpc) is 3.11. The lowest BCUT2D eigenvalue weighted by Gasteiger charge is -2.26. The van der Waals surface area contributed by atoms with E-state index in [1.54, 1.807) is 0 Å². The highest BCUT2D eigenvalue weighted by Gasteiger charge is 2.47. The zero-order chi connectivity index (χ0) is 25.3. The molecule has 1 aliphatic heterocycles. The fourth-order valence-electron chi connectivity index (χ4n) is 4.37. The average molecular weight is 471 g/mol. The topological polar surface area (TPSA) is 70.1 Å². The Morgan fingerprint density at radius 3 is 2.23 bits per heavy atom. The highest BCUT2D eigenvalue weighted by molar-refractivity contribution is 6.51. The van der Waals surface area contributed by atoms with Crippen LogP contribution in [0.25, 0.3) is 5.76 Å². The molecular formula is C29H30N2O4. The van der Waals surface area contributed by atoms with E-state index in [1.807, 2.05) is 106 Å². The molecule has 1 heterocycles. The number of Topliss-reactive ketones (excluding diaryl/α,β-unsaturated/α-hetero) is 1. The van der Waals surface area contributed by atoms with Crippen LogP contribution in [0.3, 0.4) is 0 Å². The van der Waals surface area contributed by atoms with Crippen molar-refractivity contribution >= 4 is 28.8 Å². The zero-order valence-corrected chi connectivity index (χ0v) is 20.7. The summed E-state index contributed by atoms with van der Waals surface area (Å²) in [5, 5.41) is 11.4. The number of benzene rings is 3. The number of ketones is 1. The summed E-state index contributed by atoms with van der Waals surface area (Å²) in [7, 11) is 3.87. The number of rotatable bonds is 6. The predicted octanol–water partition coefficient (Wildman–Crippen LogP) is 5.39. The molecule has 3 aromatic carbocycles. The summed E-state index contributed by atoms with van der Waals surface area (Å²) in [6, 6.07) is 19.6. The fraction of sp³-hybridized carbons (Fsp3) is 0.241. The molecule has 1 unspecified atom stereocenters. The van der Waals surface area contributed by atoms with E-state index in [-0.39, 0.29) is 11.3 Å². The third kappa shape index (κ3) is 4.52. The number of aliphatic hydroxyl groups excluding tert-OH is 1. The van der Waals surface area contributed by atoms with Gasteiger partial charge in [0, 0.05) is 31.0 Å². The number of anilines is 2. The Labute approximate surface area is 206 Å². The van der Waals surface area contributed by atoms with Gasteiger partial charge in [0.15, 0.2) is 0 Å². The molecule has 180 valence electrons. The minimum atomic E-state index is -0.782. The van der Waals surface area contributed by atoms with Gasteiger partial charge in [-0.3, -0.25) is 14.5 Å². The monoisotopic (exact) mass is 470 g/mol. The number of amides is 1. The van der Waals surface area contributed by atoms with E-state index in [1.165, 1.54) is 4.90 Å². The number of aliphatic hydroxyl groups is 1. The Morgan fingerprint density at radius 1 is 0.971 bits per heavy atom. The molecule has 0 radical (unpaired) electrons. The van der Waals surface area contributed by atoms with E-state index in [9.17, 15) is 14.7 Å². The number of carbonyl (C=O) groups excluding carboxylic acids is 2. The van der Waals surface area contributed by atoms with Crippen molar-refractivity contribution < 1.29 is 19.4 Å². The van der Waals surface area contributed by atoms with Gasteiger partial charge in [-0.15, -0.1) is 0 Å². The smallest absolute Gasteiger partial charge is 0.300 e. The number of hydrogen-bond acceptors (Lipinski definition) is 5. The molecule has 1 amide bonds. The van der Waals surface area contributed by atoms with Crippen molar-refractivity contribution in [2.24, 2.45) is 0 Å². The Morgan fingerprint density at radius 2 is 1.63 bits per heavy atom. The van der Waals surface area contributed by atoms with Crippen LogP contribution in [0, 0.1) is 13.8 Å². The molecule has 35 heavy (non-hydrogen) atoms. The molecule has 4 rings (SSSR count). The number of hydrogen-bond donors (Lipinski definition) is 1. The molecular weight excluding hydrogens is 440 g/mol. The first-order chi connectivity index (χ1) is 16.7. The molecule has 1 saturated heterocycles. The summed E-state index contributed by atoms with van der Waals surface area (Å²) in [5.74, 6) is -0.860. The van der Waals surface area contributed by atoms with Crippen LogP contribution in [0.2, 0.25) is 0 Å². The van der Waals surface area contributed by atoms with Crippen molar-refractivity contribution in [3.63, 3.8) is 0 Å². The van der Waals surface area contributed by atoms with Crippen LogP contribution in [0.5, 0.6) is 5.75 Å². The molecule has 0 spiro atoms.